The van der Waals surface area contributed by atoms with Gasteiger partial charge in [0.25, 0.3) is 0 Å². The maximum atomic E-state index is 9.70. The minimum atomic E-state index is -0.746. The van der Waals surface area contributed by atoms with Crippen molar-refractivity contribution in [2.75, 3.05) is 0 Å². The van der Waals surface area contributed by atoms with E-state index in [9.17, 15) is 9.90 Å². The van der Waals surface area contributed by atoms with Gasteiger partial charge in [-0.25, -0.2) is 0 Å². The molecule has 0 aromatic heterocycles. The maximum Gasteiger partial charge on any atom is 0.305 e. The number of hydrogen-bond acceptors (Lipinski definition) is 3. The van der Waals surface area contributed by atoms with Gasteiger partial charge in [0.05, 0.1) is 17.3 Å². The Labute approximate surface area is 97.6 Å². The summed E-state index contributed by atoms with van der Waals surface area (Å²) in [5, 5.41) is 26.2. The summed E-state index contributed by atoms with van der Waals surface area (Å²) in [6.45, 7) is 10.2. The molecule has 16 heavy (non-hydrogen) atoms. The molecule has 0 aromatic carbocycles. The summed E-state index contributed by atoms with van der Waals surface area (Å²) < 4.78 is 0. The first-order valence-corrected chi connectivity index (χ1v) is 5.31. The molecule has 0 aliphatic rings. The van der Waals surface area contributed by atoms with Gasteiger partial charge in [0, 0.05) is 5.92 Å². The number of carbonyl (C=O) groups is 1. The number of carboxylic acids is 1. The fourth-order valence-electron chi connectivity index (χ4n) is 0.566. The van der Waals surface area contributed by atoms with Gasteiger partial charge in [-0.3, -0.25) is 4.79 Å². The van der Waals surface area contributed by atoms with Gasteiger partial charge in [0.15, 0.2) is 0 Å². The summed E-state index contributed by atoms with van der Waals surface area (Å²) in [6.07, 6.45) is 1.64. The van der Waals surface area contributed by atoms with Crippen LogP contribution < -0.4 is 0 Å². The Bertz CT molecular complexity index is 232. The van der Waals surface area contributed by atoms with Crippen LogP contribution in [-0.2, 0) is 4.79 Å². The summed E-state index contributed by atoms with van der Waals surface area (Å²) in [5.41, 5.74) is -0.746. The Morgan fingerprint density at radius 2 is 1.50 bits per heavy atom. The fourth-order valence-corrected chi connectivity index (χ4v) is 0.566. The average molecular weight is 232 g/mol. The lowest BCUT2D eigenvalue weighted by molar-refractivity contribution is -0.140. The highest BCUT2D eigenvalue weighted by Gasteiger charge is 2.19. The molecule has 4 heteroatoms. The number of allylic oxidation sites excluding steroid dienone is 1. The average Bonchev–Trinajstić information content (AvgIpc) is 2.01. The molecule has 0 fully saturated rings. The molecule has 0 aliphatic carbocycles. The van der Waals surface area contributed by atoms with Crippen molar-refractivity contribution in [1.82, 2.24) is 0 Å². The van der Waals surface area contributed by atoms with E-state index in [1.54, 1.807) is 40.7 Å². The lowest BCUT2D eigenvalue weighted by Crippen LogP contribution is -2.27. The minimum absolute atomic E-state index is 0.0162. The fraction of sp³-hybridized carbons (Fsp3) is 0.750. The van der Waals surface area contributed by atoms with Gasteiger partial charge in [0.2, 0.25) is 0 Å². The molecule has 0 saturated carbocycles. The van der Waals surface area contributed by atoms with Gasteiger partial charge in [0.1, 0.15) is 0 Å². The van der Waals surface area contributed by atoms with Crippen LogP contribution >= 0.6 is 0 Å². The molecule has 0 rings (SSSR count). The van der Waals surface area contributed by atoms with Crippen LogP contribution in [0.15, 0.2) is 11.8 Å². The molecule has 0 saturated heterocycles. The molecular formula is C12H24O4. The van der Waals surface area contributed by atoms with Crippen molar-refractivity contribution in [3.8, 4) is 0 Å². The molecule has 1 unspecified atom stereocenters. The van der Waals surface area contributed by atoms with Crippen LogP contribution in [0.25, 0.3) is 0 Å². The Morgan fingerprint density at radius 3 is 1.56 bits per heavy atom. The van der Waals surface area contributed by atoms with Gasteiger partial charge in [-0.05, 0) is 26.8 Å². The van der Waals surface area contributed by atoms with Crippen molar-refractivity contribution >= 4 is 5.97 Å². The normalized spacial score (nSPS) is 14.1. The zero-order chi connectivity index (χ0) is 13.5. The molecule has 96 valence electrons. The first-order chi connectivity index (χ1) is 6.98. The zero-order valence-corrected chi connectivity index (χ0v) is 11.0. The lowest BCUT2D eigenvalue weighted by atomic mass is 9.92. The summed E-state index contributed by atoms with van der Waals surface area (Å²) in [4.78, 5) is 9.70. The number of hydrogen-bond donors (Lipinski definition) is 3. The molecule has 1 atom stereocenters. The number of aliphatic hydroxyl groups is 2. The molecule has 0 heterocycles. The molecule has 3 N–H and O–H groups in total. The largest absolute Gasteiger partial charge is 0.513 e. The minimum Gasteiger partial charge on any atom is -0.513 e. The first-order valence-electron chi connectivity index (χ1n) is 5.31. The molecular weight excluding hydrogens is 208 g/mol. The van der Waals surface area contributed by atoms with Crippen LogP contribution in [0.4, 0.5) is 0 Å². The highest BCUT2D eigenvalue weighted by atomic mass is 16.4. The van der Waals surface area contributed by atoms with Crippen LogP contribution in [-0.4, -0.2) is 26.9 Å². The van der Waals surface area contributed by atoms with Crippen LogP contribution in [0.3, 0.4) is 0 Å². The van der Waals surface area contributed by atoms with E-state index in [2.05, 4.69) is 0 Å². The third-order valence-electron chi connectivity index (χ3n) is 2.10. The van der Waals surface area contributed by atoms with Crippen LogP contribution in [0.1, 0.15) is 41.5 Å². The first kappa shape index (κ1) is 17.4. The number of aliphatic hydroxyl groups excluding tert-OH is 1. The predicted molar refractivity (Wildman–Crippen MR) is 64.3 cm³/mol. The Morgan fingerprint density at radius 1 is 1.19 bits per heavy atom. The van der Waals surface area contributed by atoms with Crippen LogP contribution in [0.2, 0.25) is 0 Å². The Kier molecular flexibility index (Phi) is 7.90. The SMILES string of the molecule is CC(C)C(=O)O.CC(O)=CC(C)C(C)(C)O. The third kappa shape index (κ3) is 11.0. The molecule has 0 radical (unpaired) electrons. The summed E-state index contributed by atoms with van der Waals surface area (Å²) in [7, 11) is 0. The lowest BCUT2D eigenvalue weighted by Gasteiger charge is -2.22. The topological polar surface area (TPSA) is 77.8 Å². The third-order valence-corrected chi connectivity index (χ3v) is 2.10. The van der Waals surface area contributed by atoms with E-state index in [-0.39, 0.29) is 17.6 Å². The van der Waals surface area contributed by atoms with Crippen molar-refractivity contribution in [2.45, 2.75) is 47.1 Å². The number of carboxylic acid groups (broad SMARTS) is 1. The summed E-state index contributed by atoms with van der Waals surface area (Å²) in [5.74, 6) is -0.730. The van der Waals surface area contributed by atoms with Gasteiger partial charge in [-0.1, -0.05) is 20.8 Å². The van der Waals surface area contributed by atoms with Gasteiger partial charge < -0.3 is 15.3 Å². The van der Waals surface area contributed by atoms with E-state index in [4.69, 9.17) is 10.2 Å². The van der Waals surface area contributed by atoms with Crippen molar-refractivity contribution in [3.05, 3.63) is 11.8 Å². The van der Waals surface area contributed by atoms with Crippen LogP contribution in [0.5, 0.6) is 0 Å². The number of aliphatic carboxylic acids is 1. The predicted octanol–water partition coefficient (Wildman–Crippen LogP) is 2.58. The number of rotatable bonds is 3. The second kappa shape index (κ2) is 7.28. The van der Waals surface area contributed by atoms with Gasteiger partial charge in [-0.15, -0.1) is 0 Å². The summed E-state index contributed by atoms with van der Waals surface area (Å²) in [6, 6.07) is 0. The van der Waals surface area contributed by atoms with E-state index in [0.717, 1.165) is 0 Å². The quantitative estimate of drug-likeness (QED) is 0.653. The second-order valence-electron chi connectivity index (χ2n) is 4.74. The van der Waals surface area contributed by atoms with E-state index in [0.29, 0.717) is 0 Å². The highest BCUT2D eigenvalue weighted by molar-refractivity contribution is 5.68. The molecule has 0 aliphatic heterocycles. The Hall–Kier alpha value is -1.03. The second-order valence-corrected chi connectivity index (χ2v) is 4.74. The van der Waals surface area contributed by atoms with Gasteiger partial charge >= 0.3 is 5.97 Å². The molecule has 0 aromatic rings. The van der Waals surface area contributed by atoms with E-state index in [1.165, 1.54) is 0 Å². The van der Waals surface area contributed by atoms with Crippen molar-refractivity contribution in [2.24, 2.45) is 11.8 Å². The smallest absolute Gasteiger partial charge is 0.305 e. The molecule has 0 amide bonds. The molecule has 0 spiro atoms. The monoisotopic (exact) mass is 232 g/mol. The summed E-state index contributed by atoms with van der Waals surface area (Å²) >= 11 is 0. The van der Waals surface area contributed by atoms with Crippen molar-refractivity contribution < 1.29 is 20.1 Å². The van der Waals surface area contributed by atoms with Crippen LogP contribution in [0, 0.1) is 11.8 Å². The van der Waals surface area contributed by atoms with Crippen molar-refractivity contribution in [1.29, 1.82) is 0 Å². The molecule has 4 nitrogen and oxygen atoms in total. The van der Waals surface area contributed by atoms with E-state index >= 15 is 0 Å². The standard InChI is InChI=1S/C8H16O2.C4H8O2/c1-6(5-7(2)9)8(3,4)10;1-3(2)4(5)6/h5-6,9-10H,1-4H3;3H,1-2H3,(H,5,6). The van der Waals surface area contributed by atoms with Crippen molar-refractivity contribution in [3.63, 3.8) is 0 Å². The Balaban J connectivity index is 0. The maximum absolute atomic E-state index is 9.70. The van der Waals surface area contributed by atoms with E-state index in [1.807, 2.05) is 6.92 Å². The van der Waals surface area contributed by atoms with E-state index < -0.39 is 11.6 Å². The zero-order valence-electron chi connectivity index (χ0n) is 11.0. The molecule has 0 bridgehead atoms. The van der Waals surface area contributed by atoms with Gasteiger partial charge in [-0.2, -0.15) is 0 Å². The highest BCUT2D eigenvalue weighted by Crippen LogP contribution is 2.17.